The maximum atomic E-state index is 12.6. The molecule has 3 heterocycles. The molecule has 16 nitrogen and oxygen atoms in total. The summed E-state index contributed by atoms with van der Waals surface area (Å²) in [6.07, 6.45) is 1.93. The molecule has 2 aromatic carbocycles. The van der Waals surface area contributed by atoms with Gasteiger partial charge in [-0.25, -0.2) is 14.6 Å². The Hall–Kier alpha value is -5.90. The van der Waals surface area contributed by atoms with Crippen molar-refractivity contribution in [1.82, 2.24) is 25.1 Å². The molecule has 0 radical (unpaired) electrons. The van der Waals surface area contributed by atoms with Crippen molar-refractivity contribution in [2.24, 2.45) is 11.5 Å². The van der Waals surface area contributed by atoms with Gasteiger partial charge >= 0.3 is 11.9 Å². The zero-order valence-electron chi connectivity index (χ0n) is 23.2. The first-order chi connectivity index (χ1) is 21.0. The third-order valence-corrected chi connectivity index (χ3v) is 6.88. The number of nitrogens with one attached hydrogen (secondary N) is 2. The van der Waals surface area contributed by atoms with Crippen molar-refractivity contribution < 1.29 is 38.6 Å². The average molecular weight is 619 g/mol. The lowest BCUT2D eigenvalue weighted by Gasteiger charge is -2.18. The van der Waals surface area contributed by atoms with Gasteiger partial charge in [-0.1, -0.05) is 24.8 Å². The lowest BCUT2D eigenvalue weighted by molar-refractivity contribution is -0.118. The topological polar surface area (TPSA) is 243 Å². The number of anilines is 1. The molecule has 6 rings (SSSR count). The lowest BCUT2D eigenvalue weighted by Crippen LogP contribution is -2.27. The van der Waals surface area contributed by atoms with Gasteiger partial charge in [-0.3, -0.25) is 14.4 Å². The van der Waals surface area contributed by atoms with E-state index in [0.717, 1.165) is 29.0 Å². The summed E-state index contributed by atoms with van der Waals surface area (Å²) in [7, 11) is 1.39. The number of hydrogen-bond donors (Lipinski definition) is 5. The number of nitrogens with two attached hydrogens (primary N) is 2. The van der Waals surface area contributed by atoms with E-state index in [4.69, 9.17) is 16.2 Å². The van der Waals surface area contributed by atoms with Crippen LogP contribution in [0.5, 0.6) is 5.75 Å². The molecule has 16 heteroatoms. The fraction of sp³-hybridized carbons (Fsp3) is 0.241. The van der Waals surface area contributed by atoms with E-state index >= 15 is 0 Å². The molecule has 45 heavy (non-hydrogen) atoms. The highest BCUT2D eigenvalue weighted by atomic mass is 16.5. The van der Waals surface area contributed by atoms with Gasteiger partial charge < -0.3 is 36.7 Å². The predicted molar refractivity (Wildman–Crippen MR) is 158 cm³/mol. The Balaban J connectivity index is 0.000000258. The Morgan fingerprint density at radius 1 is 1.18 bits per heavy atom. The number of carboxylic acids is 1. The number of carbonyl (C=O) groups excluding carboxylic acids is 4. The molecule has 4 aromatic rings. The van der Waals surface area contributed by atoms with Crippen LogP contribution in [0.2, 0.25) is 0 Å². The zero-order chi connectivity index (χ0) is 31.5. The van der Waals surface area contributed by atoms with Crippen molar-refractivity contribution in [3.8, 4) is 5.75 Å². The number of aromatic carboxylic acids is 1. The molecule has 1 atom stereocenters. The number of esters is 1. The van der Waals surface area contributed by atoms with Crippen LogP contribution in [0.1, 0.15) is 78.4 Å². The first-order valence-corrected chi connectivity index (χ1v) is 13.2. The van der Waals surface area contributed by atoms with Crippen LogP contribution >= 0.6 is 0 Å². The van der Waals surface area contributed by atoms with Crippen molar-refractivity contribution in [2.45, 2.75) is 32.9 Å². The zero-order valence-corrected chi connectivity index (χ0v) is 23.2. The minimum atomic E-state index is -1.40. The van der Waals surface area contributed by atoms with E-state index in [9.17, 15) is 29.1 Å². The number of hydrogen-bond acceptors (Lipinski definition) is 11. The van der Waals surface area contributed by atoms with Gasteiger partial charge in [0, 0.05) is 18.7 Å². The van der Waals surface area contributed by atoms with E-state index in [2.05, 4.69) is 30.7 Å². The van der Waals surface area contributed by atoms with Gasteiger partial charge in [-0.2, -0.15) is 4.52 Å². The summed E-state index contributed by atoms with van der Waals surface area (Å²) in [6, 6.07) is 11.7. The molecule has 0 bridgehead atoms. The molecule has 3 amide bonds. The van der Waals surface area contributed by atoms with E-state index in [-0.39, 0.29) is 55.5 Å². The summed E-state index contributed by atoms with van der Waals surface area (Å²) in [5.74, 6) is -3.13. The molecule has 2 aliphatic rings. The number of benzene rings is 2. The second-order valence-corrected chi connectivity index (χ2v) is 9.77. The van der Waals surface area contributed by atoms with Crippen LogP contribution in [0, 0.1) is 0 Å². The first kappa shape index (κ1) is 32.0. The molecule has 0 saturated heterocycles. The smallest absolute Gasteiger partial charge is 0.354 e. The van der Waals surface area contributed by atoms with Gasteiger partial charge in [0.15, 0.2) is 23.6 Å². The Morgan fingerprint density at radius 2 is 1.96 bits per heavy atom. The number of aromatic nitrogens is 4. The number of nitrogens with zero attached hydrogens (tertiary/aromatic N) is 4. The number of carbonyl (C=O) groups is 5. The van der Waals surface area contributed by atoms with Crippen molar-refractivity contribution in [3.05, 3.63) is 81.8 Å². The first-order valence-electron chi connectivity index (χ1n) is 13.2. The summed E-state index contributed by atoms with van der Waals surface area (Å²) in [6.45, 7) is -0.0165. The van der Waals surface area contributed by atoms with Crippen molar-refractivity contribution in [2.75, 3.05) is 19.0 Å². The van der Waals surface area contributed by atoms with Crippen LogP contribution in [0.4, 0.5) is 5.69 Å². The molecular formula is C29H30N8O8. The van der Waals surface area contributed by atoms with Crippen LogP contribution in [0.3, 0.4) is 0 Å². The highest BCUT2D eigenvalue weighted by molar-refractivity contribution is 6.00. The number of amides is 3. The van der Waals surface area contributed by atoms with Gasteiger partial charge in [0.1, 0.15) is 11.4 Å². The van der Waals surface area contributed by atoms with Gasteiger partial charge in [-0.15, -0.1) is 5.10 Å². The van der Waals surface area contributed by atoms with Gasteiger partial charge in [0.05, 0.1) is 18.4 Å². The highest BCUT2D eigenvalue weighted by Crippen LogP contribution is 2.30. The maximum absolute atomic E-state index is 12.6. The third kappa shape index (κ3) is 6.70. The summed E-state index contributed by atoms with van der Waals surface area (Å²) < 4.78 is 10.7. The number of ether oxygens (including phenoxy) is 2. The molecule has 0 fully saturated rings. The van der Waals surface area contributed by atoms with E-state index in [1.807, 2.05) is 12.1 Å². The molecule has 0 saturated carbocycles. The second-order valence-electron chi connectivity index (χ2n) is 9.77. The number of rotatable bonds is 6. The summed E-state index contributed by atoms with van der Waals surface area (Å²) in [5.41, 5.74) is 13.9. The molecule has 1 aliphatic carbocycles. The van der Waals surface area contributed by atoms with Gasteiger partial charge in [0.25, 0.3) is 17.7 Å². The maximum Gasteiger partial charge on any atom is 0.354 e. The van der Waals surface area contributed by atoms with E-state index in [0.29, 0.717) is 22.6 Å². The van der Waals surface area contributed by atoms with Crippen molar-refractivity contribution in [3.63, 3.8) is 0 Å². The van der Waals surface area contributed by atoms with Gasteiger partial charge in [-0.05, 0) is 53.8 Å². The minimum Gasteiger partial charge on any atom is -0.482 e. The van der Waals surface area contributed by atoms with Crippen LogP contribution in [-0.4, -0.2) is 68.3 Å². The summed E-state index contributed by atoms with van der Waals surface area (Å²) in [4.78, 5) is 62.2. The third-order valence-electron chi connectivity index (χ3n) is 6.88. The van der Waals surface area contributed by atoms with Crippen LogP contribution in [0.15, 0.2) is 42.5 Å². The summed E-state index contributed by atoms with van der Waals surface area (Å²) >= 11 is 0. The molecule has 2 aromatic heterocycles. The molecule has 7 N–H and O–H groups in total. The Bertz CT molecular complexity index is 1840. The largest absolute Gasteiger partial charge is 0.482 e. The lowest BCUT2D eigenvalue weighted by atomic mass is 10.1. The van der Waals surface area contributed by atoms with Gasteiger partial charge in [0.2, 0.25) is 0 Å². The number of methoxy groups -OCH3 is 1. The number of primary amides is 1. The second kappa shape index (κ2) is 13.2. The van der Waals surface area contributed by atoms with Crippen molar-refractivity contribution >= 4 is 41.0 Å². The molecule has 1 aliphatic heterocycles. The van der Waals surface area contributed by atoms with E-state index < -0.39 is 23.5 Å². The molecule has 0 spiro atoms. The monoisotopic (exact) mass is 618 g/mol. The fourth-order valence-electron chi connectivity index (χ4n) is 4.71. The highest BCUT2D eigenvalue weighted by Gasteiger charge is 2.23. The number of carboxylic acid groups (broad SMARTS) is 1. The van der Waals surface area contributed by atoms with E-state index in [1.54, 1.807) is 24.3 Å². The van der Waals surface area contributed by atoms with Crippen LogP contribution in [-0.2, 0) is 22.5 Å². The number of fused-ring (bicyclic) bond motifs is 3. The van der Waals surface area contributed by atoms with Crippen LogP contribution < -0.4 is 26.8 Å². The van der Waals surface area contributed by atoms with E-state index in [1.165, 1.54) is 12.7 Å². The fourth-order valence-corrected chi connectivity index (χ4v) is 4.71. The number of aryl methyl sites for hydroxylation is 1. The molecular weight excluding hydrogens is 588 g/mol. The Morgan fingerprint density at radius 3 is 2.67 bits per heavy atom. The standard InChI is InChI=1S/C17H13N7O6.C11H13NO2.CH4/c18-14(26)13-15-21-9(4-10(17(28)29)24(15)23-22-13)16(27)19-5-7-1-2-11-8(3-7)20-12(25)6-30-11;1-14-11(13)8-2-4-9-7(6-8)3-5-10(9)12;/h1-4H,5-6H2,(H2,18,26)(H,19,27)(H,20,25)(H,28,29);2,4,6,10H,3,5,12H2,1H3;1H4/t;10-;/m.0./s1. The SMILES string of the molecule is C.COC(=O)c1ccc2c(c1)CC[C@@H]2N.NC(=O)c1nnn2c(C(=O)O)cc(C(=O)NCc3ccc4c(c3)NC(=O)CO4)nc12. The van der Waals surface area contributed by atoms with Crippen molar-refractivity contribution in [1.29, 1.82) is 0 Å². The molecule has 0 unspecified atom stereocenters. The predicted octanol–water partition coefficient (Wildman–Crippen LogP) is 1.24. The summed E-state index contributed by atoms with van der Waals surface area (Å²) in [5, 5.41) is 21.7. The minimum absolute atomic E-state index is 0. The average Bonchev–Trinajstić information content (AvgIpc) is 3.62. The van der Waals surface area contributed by atoms with Crippen LogP contribution in [0.25, 0.3) is 5.65 Å². The quantitative estimate of drug-likeness (QED) is 0.192. The molecule has 234 valence electrons. The Labute approximate surface area is 255 Å². The normalized spacial score (nSPS) is 14.4. The Kier molecular flexibility index (Phi) is 9.37.